The van der Waals surface area contributed by atoms with E-state index < -0.39 is 0 Å². The molecule has 2 aromatic rings. The third kappa shape index (κ3) is 1.99. The summed E-state index contributed by atoms with van der Waals surface area (Å²) in [5.41, 5.74) is 4.21. The summed E-state index contributed by atoms with van der Waals surface area (Å²) in [5, 5.41) is 5.88. The highest BCUT2D eigenvalue weighted by Crippen LogP contribution is 2.36. The zero-order chi connectivity index (χ0) is 14.9. The molecule has 0 amide bonds. The lowest BCUT2D eigenvalue weighted by molar-refractivity contribution is 0.112. The summed E-state index contributed by atoms with van der Waals surface area (Å²) in [7, 11) is 0. The second-order valence-corrected chi connectivity index (χ2v) is 5.30. The van der Waals surface area contributed by atoms with Crippen LogP contribution in [0.5, 0.6) is 0 Å². The first-order chi connectivity index (χ1) is 10.9. The second kappa shape index (κ2) is 5.11. The number of fused-ring (bicyclic) bond motifs is 2. The van der Waals surface area contributed by atoms with Gasteiger partial charge in [-0.2, -0.15) is 0 Å². The van der Waals surface area contributed by atoms with E-state index in [1.165, 1.54) is 5.57 Å². The van der Waals surface area contributed by atoms with Gasteiger partial charge < -0.3 is 4.84 Å². The molecule has 0 unspecified atom stereocenters. The lowest BCUT2D eigenvalue weighted by Gasteiger charge is -2.19. The zero-order valence-corrected chi connectivity index (χ0v) is 11.8. The van der Waals surface area contributed by atoms with E-state index in [0.29, 0.717) is 0 Å². The van der Waals surface area contributed by atoms with E-state index in [1.54, 1.807) is 6.21 Å². The Morgan fingerprint density at radius 1 is 0.955 bits per heavy atom. The SMILES string of the molecule is O=Cc1ccc(C2=CC=C3ON=CC=C3C2)c2ccccc12. The number of carbonyl (C=O) groups excluding carboxylic acids is 1. The van der Waals surface area contributed by atoms with Crippen LogP contribution in [0.1, 0.15) is 22.3 Å². The molecule has 0 N–H and O–H groups in total. The van der Waals surface area contributed by atoms with Crippen LogP contribution >= 0.6 is 0 Å². The van der Waals surface area contributed by atoms with Crippen LogP contribution in [-0.2, 0) is 4.84 Å². The van der Waals surface area contributed by atoms with E-state index in [9.17, 15) is 4.79 Å². The topological polar surface area (TPSA) is 38.7 Å². The standard InChI is InChI=1S/C19H13NO2/c21-12-15-5-7-17(18-4-2-1-3-16(15)18)13-6-8-19-14(11-13)9-10-20-22-19/h1-10,12H,11H2. The van der Waals surface area contributed by atoms with E-state index in [0.717, 1.165) is 45.9 Å². The van der Waals surface area contributed by atoms with Crippen molar-refractivity contribution in [1.82, 2.24) is 0 Å². The van der Waals surface area contributed by atoms with E-state index in [1.807, 2.05) is 42.5 Å². The van der Waals surface area contributed by atoms with Crippen LogP contribution in [0.3, 0.4) is 0 Å². The minimum Gasteiger partial charge on any atom is -0.357 e. The molecule has 1 heterocycles. The highest BCUT2D eigenvalue weighted by atomic mass is 16.6. The maximum Gasteiger partial charge on any atom is 0.161 e. The fourth-order valence-corrected chi connectivity index (χ4v) is 2.96. The fourth-order valence-electron chi connectivity index (χ4n) is 2.96. The lowest BCUT2D eigenvalue weighted by Crippen LogP contribution is -2.03. The molecule has 0 spiro atoms. The first-order valence-electron chi connectivity index (χ1n) is 7.15. The number of carbonyl (C=O) groups is 1. The van der Waals surface area contributed by atoms with Crippen molar-refractivity contribution in [3.63, 3.8) is 0 Å². The third-order valence-corrected chi connectivity index (χ3v) is 4.05. The molecule has 4 rings (SSSR count). The highest BCUT2D eigenvalue weighted by molar-refractivity contribution is 6.03. The molecule has 0 fully saturated rings. The molecule has 0 aromatic heterocycles. The predicted octanol–water partition coefficient (Wildman–Crippen LogP) is 4.27. The molecular weight excluding hydrogens is 274 g/mol. The fraction of sp³-hybridized carbons (Fsp3) is 0.0526. The van der Waals surface area contributed by atoms with Gasteiger partial charge in [0.15, 0.2) is 12.0 Å². The van der Waals surface area contributed by atoms with Crippen molar-refractivity contribution in [2.75, 3.05) is 0 Å². The second-order valence-electron chi connectivity index (χ2n) is 5.30. The van der Waals surface area contributed by atoms with Gasteiger partial charge in [-0.3, -0.25) is 4.79 Å². The van der Waals surface area contributed by atoms with E-state index in [2.05, 4.69) is 17.3 Å². The summed E-state index contributed by atoms with van der Waals surface area (Å²) in [6.07, 6.45) is 9.36. The smallest absolute Gasteiger partial charge is 0.161 e. The summed E-state index contributed by atoms with van der Waals surface area (Å²) < 4.78 is 0. The zero-order valence-electron chi connectivity index (χ0n) is 11.8. The average Bonchev–Trinajstić information content (AvgIpc) is 2.60. The van der Waals surface area contributed by atoms with E-state index in [-0.39, 0.29) is 0 Å². The molecule has 2 aliphatic rings. The number of hydrogen-bond donors (Lipinski definition) is 0. The van der Waals surface area contributed by atoms with Crippen molar-refractivity contribution < 1.29 is 9.63 Å². The molecule has 1 aliphatic carbocycles. The first kappa shape index (κ1) is 12.8. The van der Waals surface area contributed by atoms with Crippen molar-refractivity contribution in [2.24, 2.45) is 5.16 Å². The van der Waals surface area contributed by atoms with Gasteiger partial charge in [-0.15, -0.1) is 0 Å². The number of aldehydes is 1. The number of oxime groups is 1. The van der Waals surface area contributed by atoms with Gasteiger partial charge in [0, 0.05) is 17.6 Å². The Balaban J connectivity index is 1.88. The average molecular weight is 287 g/mol. The predicted molar refractivity (Wildman–Crippen MR) is 87.7 cm³/mol. The molecule has 0 radical (unpaired) electrons. The molecule has 0 saturated heterocycles. The lowest BCUT2D eigenvalue weighted by atomic mass is 9.88. The molecule has 3 nitrogen and oxygen atoms in total. The molecule has 22 heavy (non-hydrogen) atoms. The third-order valence-electron chi connectivity index (χ3n) is 4.05. The highest BCUT2D eigenvalue weighted by Gasteiger charge is 2.18. The van der Waals surface area contributed by atoms with E-state index >= 15 is 0 Å². The van der Waals surface area contributed by atoms with Gasteiger partial charge in [-0.1, -0.05) is 47.6 Å². The molecule has 0 saturated carbocycles. The summed E-state index contributed by atoms with van der Waals surface area (Å²) in [4.78, 5) is 16.5. The van der Waals surface area contributed by atoms with Crippen molar-refractivity contribution in [3.05, 3.63) is 77.1 Å². The maximum absolute atomic E-state index is 11.2. The quantitative estimate of drug-likeness (QED) is 0.774. The Kier molecular flexibility index (Phi) is 2.97. The summed E-state index contributed by atoms with van der Waals surface area (Å²) in [5.74, 6) is 0.806. The number of rotatable bonds is 2. The van der Waals surface area contributed by atoms with Gasteiger partial charge >= 0.3 is 0 Å². The van der Waals surface area contributed by atoms with Gasteiger partial charge in [0.05, 0.1) is 6.21 Å². The number of allylic oxidation sites excluding steroid dienone is 5. The van der Waals surface area contributed by atoms with Crippen LogP contribution in [0.4, 0.5) is 0 Å². The van der Waals surface area contributed by atoms with Crippen molar-refractivity contribution in [2.45, 2.75) is 6.42 Å². The number of benzene rings is 2. The monoisotopic (exact) mass is 287 g/mol. The molecular formula is C19H13NO2. The molecule has 0 bridgehead atoms. The summed E-state index contributed by atoms with van der Waals surface area (Å²) >= 11 is 0. The Labute approximate surface area is 127 Å². The normalized spacial score (nSPS) is 16.3. The van der Waals surface area contributed by atoms with Gasteiger partial charge in [0.25, 0.3) is 0 Å². The van der Waals surface area contributed by atoms with Gasteiger partial charge in [0.1, 0.15) is 0 Å². The Morgan fingerprint density at radius 2 is 1.82 bits per heavy atom. The molecule has 106 valence electrons. The van der Waals surface area contributed by atoms with Crippen LogP contribution in [0.25, 0.3) is 16.3 Å². The van der Waals surface area contributed by atoms with Crippen molar-refractivity contribution in [3.8, 4) is 0 Å². The summed E-state index contributed by atoms with van der Waals surface area (Å²) in [6, 6.07) is 11.9. The van der Waals surface area contributed by atoms with Crippen LogP contribution in [-0.4, -0.2) is 12.5 Å². The minimum absolute atomic E-state index is 0.722. The Morgan fingerprint density at radius 3 is 2.68 bits per heavy atom. The van der Waals surface area contributed by atoms with Crippen LogP contribution < -0.4 is 0 Å². The first-order valence-corrected chi connectivity index (χ1v) is 7.15. The number of hydrogen-bond acceptors (Lipinski definition) is 3. The molecule has 1 aliphatic heterocycles. The van der Waals surface area contributed by atoms with Crippen molar-refractivity contribution in [1.29, 1.82) is 0 Å². The van der Waals surface area contributed by atoms with E-state index in [4.69, 9.17) is 4.84 Å². The Bertz CT molecular complexity index is 901. The van der Waals surface area contributed by atoms with Crippen molar-refractivity contribution >= 4 is 28.8 Å². The summed E-state index contributed by atoms with van der Waals surface area (Å²) in [6.45, 7) is 0. The molecule has 2 aromatic carbocycles. The minimum atomic E-state index is 0.722. The van der Waals surface area contributed by atoms with Crippen LogP contribution in [0.15, 0.2) is 71.1 Å². The largest absolute Gasteiger partial charge is 0.357 e. The van der Waals surface area contributed by atoms with Gasteiger partial charge in [-0.05, 0) is 34.1 Å². The number of nitrogens with zero attached hydrogens (tertiary/aromatic N) is 1. The van der Waals surface area contributed by atoms with Gasteiger partial charge in [-0.25, -0.2) is 0 Å². The van der Waals surface area contributed by atoms with Crippen LogP contribution in [0.2, 0.25) is 0 Å². The van der Waals surface area contributed by atoms with Gasteiger partial charge in [0.2, 0.25) is 0 Å². The van der Waals surface area contributed by atoms with Crippen LogP contribution in [0, 0.1) is 0 Å². The maximum atomic E-state index is 11.2. The molecule has 3 heteroatoms. The molecule has 0 atom stereocenters. The Hall–Kier alpha value is -2.94.